The standard InChI is InChI=1S/C20H23F3N4O3/c1-12(18(19(24)28)13-5-6-15-16(9-13)30-11-29-15)14-10-17(20(21,22)23)25-27(14)26-7-3-2-4-8-26/h5-6,9-10,12,18H,2-4,7-8,11H2,1H3,(H2,24,28). The third-order valence-electron chi connectivity index (χ3n) is 5.64. The molecule has 2 aromatic rings. The van der Waals surface area contributed by atoms with Crippen LogP contribution in [-0.4, -0.2) is 35.7 Å². The van der Waals surface area contributed by atoms with E-state index in [-0.39, 0.29) is 6.79 Å². The number of primary amides is 1. The fraction of sp³-hybridized carbons (Fsp3) is 0.500. The van der Waals surface area contributed by atoms with Gasteiger partial charge < -0.3 is 15.2 Å². The van der Waals surface area contributed by atoms with Crippen LogP contribution in [0.25, 0.3) is 0 Å². The van der Waals surface area contributed by atoms with Crippen molar-refractivity contribution >= 4 is 5.91 Å². The van der Waals surface area contributed by atoms with Crippen LogP contribution >= 0.6 is 0 Å². The molecule has 2 atom stereocenters. The van der Waals surface area contributed by atoms with Crippen molar-refractivity contribution in [3.63, 3.8) is 0 Å². The number of hydrogen-bond acceptors (Lipinski definition) is 5. The fourth-order valence-corrected chi connectivity index (χ4v) is 4.11. The van der Waals surface area contributed by atoms with Crippen LogP contribution in [0.4, 0.5) is 13.2 Å². The van der Waals surface area contributed by atoms with Gasteiger partial charge in [-0.3, -0.25) is 9.80 Å². The van der Waals surface area contributed by atoms with Crippen molar-refractivity contribution in [3.8, 4) is 11.5 Å². The maximum atomic E-state index is 13.4. The maximum Gasteiger partial charge on any atom is 0.435 e. The van der Waals surface area contributed by atoms with Crippen LogP contribution in [0.3, 0.4) is 0 Å². The average molecular weight is 424 g/mol. The van der Waals surface area contributed by atoms with Gasteiger partial charge in [0, 0.05) is 19.0 Å². The van der Waals surface area contributed by atoms with Gasteiger partial charge in [0.1, 0.15) is 0 Å². The number of aromatic nitrogens is 2. The van der Waals surface area contributed by atoms with Crippen molar-refractivity contribution in [2.45, 2.75) is 44.2 Å². The van der Waals surface area contributed by atoms with Crippen LogP contribution in [0.5, 0.6) is 11.5 Å². The summed E-state index contributed by atoms with van der Waals surface area (Å²) in [6.45, 7) is 2.97. The fourth-order valence-electron chi connectivity index (χ4n) is 4.11. The van der Waals surface area contributed by atoms with Crippen LogP contribution in [0, 0.1) is 0 Å². The quantitative estimate of drug-likeness (QED) is 0.798. The smallest absolute Gasteiger partial charge is 0.435 e. The number of fused-ring (bicyclic) bond motifs is 1. The number of hydrogen-bond donors (Lipinski definition) is 1. The van der Waals surface area contributed by atoms with Gasteiger partial charge in [-0.25, -0.2) is 0 Å². The monoisotopic (exact) mass is 424 g/mol. The van der Waals surface area contributed by atoms with Gasteiger partial charge in [-0.2, -0.15) is 18.0 Å². The van der Waals surface area contributed by atoms with Crippen molar-refractivity contribution in [3.05, 3.63) is 41.2 Å². The molecule has 1 aromatic carbocycles. The lowest BCUT2D eigenvalue weighted by Crippen LogP contribution is -2.42. The van der Waals surface area contributed by atoms with Gasteiger partial charge in [-0.05, 0) is 43.0 Å². The van der Waals surface area contributed by atoms with Gasteiger partial charge in [-0.15, -0.1) is 5.10 Å². The topological polar surface area (TPSA) is 82.6 Å². The third-order valence-corrected chi connectivity index (χ3v) is 5.64. The first-order chi connectivity index (χ1) is 14.3. The van der Waals surface area contributed by atoms with Crippen molar-refractivity contribution < 1.29 is 27.4 Å². The summed E-state index contributed by atoms with van der Waals surface area (Å²) in [5.74, 6) is -1.12. The molecule has 1 amide bonds. The number of alkyl halides is 3. The van der Waals surface area contributed by atoms with Gasteiger partial charge in [0.2, 0.25) is 12.7 Å². The molecular weight excluding hydrogens is 401 g/mol. The van der Waals surface area contributed by atoms with E-state index in [1.807, 2.05) is 0 Å². The Bertz CT molecular complexity index is 938. The summed E-state index contributed by atoms with van der Waals surface area (Å²) in [6.07, 6.45) is -1.82. The first-order valence-electron chi connectivity index (χ1n) is 9.87. The van der Waals surface area contributed by atoms with Crippen molar-refractivity contribution in [1.29, 1.82) is 0 Å². The molecule has 0 bridgehead atoms. The van der Waals surface area contributed by atoms with Gasteiger partial charge >= 0.3 is 6.18 Å². The number of carbonyl (C=O) groups excluding carboxylic acids is 1. The van der Waals surface area contributed by atoms with Gasteiger partial charge in [0.25, 0.3) is 0 Å². The molecule has 2 aliphatic rings. The molecule has 0 spiro atoms. The normalized spacial score (nSPS) is 18.3. The Morgan fingerprint density at radius 3 is 2.50 bits per heavy atom. The van der Waals surface area contributed by atoms with E-state index in [0.29, 0.717) is 35.8 Å². The summed E-state index contributed by atoms with van der Waals surface area (Å²) < 4.78 is 51.0. The number of nitrogens with zero attached hydrogens (tertiary/aromatic N) is 3. The van der Waals surface area contributed by atoms with Crippen LogP contribution in [-0.2, 0) is 11.0 Å². The van der Waals surface area contributed by atoms with Gasteiger partial charge in [0.05, 0.1) is 11.6 Å². The van der Waals surface area contributed by atoms with E-state index in [2.05, 4.69) is 5.10 Å². The predicted octanol–water partition coefficient (Wildman–Crippen LogP) is 3.13. The Morgan fingerprint density at radius 1 is 1.13 bits per heavy atom. The summed E-state index contributed by atoms with van der Waals surface area (Å²) in [5, 5.41) is 5.63. The number of rotatable bonds is 5. The van der Waals surface area contributed by atoms with Crippen LogP contribution in [0.1, 0.15) is 55.0 Å². The molecular formula is C20H23F3N4O3. The van der Waals surface area contributed by atoms with Crippen LogP contribution in [0.2, 0.25) is 0 Å². The zero-order valence-electron chi connectivity index (χ0n) is 16.5. The molecule has 0 saturated carbocycles. The summed E-state index contributed by atoms with van der Waals surface area (Å²) in [4.78, 5) is 13.7. The van der Waals surface area contributed by atoms with Gasteiger partial charge in [-0.1, -0.05) is 13.0 Å². The van der Waals surface area contributed by atoms with E-state index in [1.54, 1.807) is 30.1 Å². The Labute approximate surface area is 171 Å². The molecule has 7 nitrogen and oxygen atoms in total. The lowest BCUT2D eigenvalue weighted by molar-refractivity contribution is -0.141. The summed E-state index contributed by atoms with van der Waals surface area (Å²) >= 11 is 0. The zero-order chi connectivity index (χ0) is 21.5. The highest BCUT2D eigenvalue weighted by Crippen LogP contribution is 2.40. The highest BCUT2D eigenvalue weighted by Gasteiger charge is 2.38. The van der Waals surface area contributed by atoms with Crippen molar-refractivity contribution in [1.82, 2.24) is 9.89 Å². The lowest BCUT2D eigenvalue weighted by Gasteiger charge is -2.32. The van der Waals surface area contributed by atoms with Crippen LogP contribution in [0.15, 0.2) is 24.3 Å². The Balaban J connectivity index is 1.74. The van der Waals surface area contributed by atoms with E-state index in [1.165, 1.54) is 4.79 Å². The maximum absolute atomic E-state index is 13.4. The molecule has 2 unspecified atom stereocenters. The summed E-state index contributed by atoms with van der Waals surface area (Å²) in [7, 11) is 0. The molecule has 4 rings (SSSR count). The number of ether oxygens (including phenoxy) is 2. The van der Waals surface area contributed by atoms with Crippen molar-refractivity contribution in [2.75, 3.05) is 24.9 Å². The molecule has 162 valence electrons. The Hall–Kier alpha value is -2.91. The third kappa shape index (κ3) is 3.78. The average Bonchev–Trinajstić information content (AvgIpc) is 3.35. The number of halogens is 3. The Morgan fingerprint density at radius 2 is 1.83 bits per heavy atom. The predicted molar refractivity (Wildman–Crippen MR) is 102 cm³/mol. The number of benzene rings is 1. The zero-order valence-corrected chi connectivity index (χ0v) is 16.5. The lowest BCUT2D eigenvalue weighted by atomic mass is 9.84. The largest absolute Gasteiger partial charge is 0.454 e. The first-order valence-corrected chi connectivity index (χ1v) is 9.87. The molecule has 0 radical (unpaired) electrons. The minimum Gasteiger partial charge on any atom is -0.454 e. The summed E-state index contributed by atoms with van der Waals surface area (Å²) in [6, 6.07) is 6.03. The number of amides is 1. The van der Waals surface area contributed by atoms with E-state index < -0.39 is 29.6 Å². The molecule has 1 saturated heterocycles. The number of nitrogens with two attached hydrogens (primary N) is 1. The molecule has 2 N–H and O–H groups in total. The van der Waals surface area contributed by atoms with E-state index in [4.69, 9.17) is 15.2 Å². The highest BCUT2D eigenvalue weighted by atomic mass is 19.4. The highest BCUT2D eigenvalue weighted by molar-refractivity contribution is 5.83. The first kappa shape index (κ1) is 20.4. The second-order valence-corrected chi connectivity index (χ2v) is 7.64. The van der Waals surface area contributed by atoms with Crippen LogP contribution < -0.4 is 20.2 Å². The number of piperidine rings is 1. The SMILES string of the molecule is CC(c1cc(C(F)(F)F)nn1N1CCCCC1)C(C(N)=O)c1ccc2c(c1)OCO2. The second-order valence-electron chi connectivity index (χ2n) is 7.64. The number of carbonyl (C=O) groups is 1. The van der Waals surface area contributed by atoms with Gasteiger partial charge in [0.15, 0.2) is 17.2 Å². The molecule has 30 heavy (non-hydrogen) atoms. The molecule has 2 aliphatic heterocycles. The molecule has 0 aliphatic carbocycles. The van der Waals surface area contributed by atoms with Crippen molar-refractivity contribution in [2.24, 2.45) is 5.73 Å². The molecule has 10 heteroatoms. The Kier molecular flexibility index (Phi) is 5.25. The molecule has 1 aromatic heterocycles. The minimum absolute atomic E-state index is 0.0756. The van der Waals surface area contributed by atoms with E-state index in [0.717, 1.165) is 25.3 Å². The van der Waals surface area contributed by atoms with E-state index >= 15 is 0 Å². The second kappa shape index (κ2) is 7.73. The van der Waals surface area contributed by atoms with E-state index in [9.17, 15) is 18.0 Å². The molecule has 3 heterocycles. The molecule has 1 fully saturated rings. The minimum atomic E-state index is -4.59. The summed E-state index contributed by atoms with van der Waals surface area (Å²) in [5.41, 5.74) is 5.57.